The van der Waals surface area contributed by atoms with Crippen molar-refractivity contribution >= 4 is 17.6 Å². The van der Waals surface area contributed by atoms with Crippen molar-refractivity contribution in [1.82, 2.24) is 9.80 Å². The largest absolute Gasteiger partial charge is 0.473 e. The topological polar surface area (TPSA) is 125 Å². The van der Waals surface area contributed by atoms with Gasteiger partial charge in [-0.1, -0.05) is 18.2 Å². The summed E-state index contributed by atoms with van der Waals surface area (Å²) in [5.41, 5.74) is 1.22. The fourth-order valence-electron chi connectivity index (χ4n) is 2.41. The fourth-order valence-corrected chi connectivity index (χ4v) is 2.41. The van der Waals surface area contributed by atoms with Crippen molar-refractivity contribution in [3.63, 3.8) is 0 Å². The lowest BCUT2D eigenvalue weighted by atomic mass is 10.2. The van der Waals surface area contributed by atoms with E-state index in [2.05, 4.69) is 59.3 Å². The molecule has 0 radical (unpaired) electrons. The van der Waals surface area contributed by atoms with E-state index in [0.717, 1.165) is 19.8 Å². The van der Waals surface area contributed by atoms with Crippen LogP contribution in [0.5, 0.6) is 0 Å². The third-order valence-electron chi connectivity index (χ3n) is 3.75. The van der Waals surface area contributed by atoms with E-state index in [0.29, 0.717) is 6.04 Å². The summed E-state index contributed by atoms with van der Waals surface area (Å²) in [5, 5.41) is 18.3. The van der Waals surface area contributed by atoms with Crippen molar-refractivity contribution in [1.29, 1.82) is 0 Å². The molecule has 5 N–H and O–H groups in total. The quantitative estimate of drug-likeness (QED) is 0.667. The lowest BCUT2D eigenvalue weighted by molar-refractivity contribution is -0.159. The summed E-state index contributed by atoms with van der Waals surface area (Å²) in [6.45, 7) is 10.3. The molecule has 0 amide bonds. The molecule has 1 saturated heterocycles. The Labute approximate surface area is 148 Å². The van der Waals surface area contributed by atoms with Gasteiger partial charge in [0, 0.05) is 37.9 Å². The molecule has 0 unspecified atom stereocenters. The first-order valence-electron chi connectivity index (χ1n) is 8.11. The van der Waals surface area contributed by atoms with Crippen molar-refractivity contribution in [2.75, 3.05) is 38.2 Å². The summed E-state index contributed by atoms with van der Waals surface area (Å²) in [4.78, 5) is 23.3. The SMILES string of the molecule is CC(C)N1CCCN(CCNc2ccccc2)C1.O.O=C(O)C(=O)O. The van der Waals surface area contributed by atoms with Crippen LogP contribution in [0.15, 0.2) is 30.3 Å². The van der Waals surface area contributed by atoms with Crippen LogP contribution in [0.25, 0.3) is 0 Å². The molecule has 25 heavy (non-hydrogen) atoms. The third kappa shape index (κ3) is 9.65. The second-order valence-corrected chi connectivity index (χ2v) is 5.92. The van der Waals surface area contributed by atoms with Crippen LogP contribution in [-0.2, 0) is 9.59 Å². The Balaban J connectivity index is 0.000000715. The van der Waals surface area contributed by atoms with Crippen LogP contribution in [0, 0.1) is 0 Å². The molecule has 1 fully saturated rings. The number of carbonyl (C=O) groups is 2. The predicted octanol–water partition coefficient (Wildman–Crippen LogP) is 0.803. The Hall–Kier alpha value is -2.16. The monoisotopic (exact) mass is 355 g/mol. The number of hydrogen-bond donors (Lipinski definition) is 3. The molecule has 1 aromatic carbocycles. The lowest BCUT2D eigenvalue weighted by Gasteiger charge is -2.37. The zero-order chi connectivity index (χ0) is 17.9. The number of carboxylic acid groups (broad SMARTS) is 2. The van der Waals surface area contributed by atoms with Crippen LogP contribution in [0.2, 0.25) is 0 Å². The maximum atomic E-state index is 9.10. The van der Waals surface area contributed by atoms with Crippen LogP contribution in [-0.4, -0.2) is 76.3 Å². The van der Waals surface area contributed by atoms with Gasteiger partial charge >= 0.3 is 11.9 Å². The molecule has 0 bridgehead atoms. The number of anilines is 1. The Morgan fingerprint density at radius 2 is 1.72 bits per heavy atom. The second-order valence-electron chi connectivity index (χ2n) is 5.92. The van der Waals surface area contributed by atoms with Gasteiger partial charge in [-0.3, -0.25) is 9.80 Å². The Kier molecular flexibility index (Phi) is 11.2. The van der Waals surface area contributed by atoms with E-state index in [1.165, 1.54) is 25.2 Å². The molecule has 0 saturated carbocycles. The van der Waals surface area contributed by atoms with Crippen molar-refractivity contribution in [2.45, 2.75) is 26.3 Å². The average molecular weight is 355 g/mol. The molecule has 0 aromatic heterocycles. The van der Waals surface area contributed by atoms with Crippen LogP contribution < -0.4 is 5.32 Å². The molecule has 8 nitrogen and oxygen atoms in total. The second kappa shape index (κ2) is 12.2. The molecule has 1 aliphatic rings. The van der Waals surface area contributed by atoms with Crippen LogP contribution in [0.4, 0.5) is 5.69 Å². The van der Waals surface area contributed by atoms with Gasteiger partial charge in [0.2, 0.25) is 0 Å². The highest BCUT2D eigenvalue weighted by molar-refractivity contribution is 6.27. The first-order chi connectivity index (χ1) is 11.4. The molecule has 1 heterocycles. The van der Waals surface area contributed by atoms with E-state index >= 15 is 0 Å². The van der Waals surface area contributed by atoms with E-state index in [4.69, 9.17) is 19.8 Å². The minimum absolute atomic E-state index is 0. The van der Waals surface area contributed by atoms with Gasteiger partial charge in [0.1, 0.15) is 0 Å². The zero-order valence-electron chi connectivity index (χ0n) is 14.8. The van der Waals surface area contributed by atoms with E-state index in [1.54, 1.807) is 0 Å². The number of carboxylic acids is 2. The summed E-state index contributed by atoms with van der Waals surface area (Å²) >= 11 is 0. The van der Waals surface area contributed by atoms with Gasteiger partial charge in [-0.25, -0.2) is 9.59 Å². The van der Waals surface area contributed by atoms with Gasteiger partial charge in [-0.15, -0.1) is 0 Å². The van der Waals surface area contributed by atoms with E-state index in [-0.39, 0.29) is 5.48 Å². The number of rotatable bonds is 5. The molecule has 0 aliphatic carbocycles. The number of para-hydroxylation sites is 1. The van der Waals surface area contributed by atoms with E-state index in [9.17, 15) is 0 Å². The van der Waals surface area contributed by atoms with Crippen LogP contribution >= 0.6 is 0 Å². The van der Waals surface area contributed by atoms with Crippen molar-refractivity contribution < 1.29 is 25.3 Å². The number of nitrogens with one attached hydrogen (secondary N) is 1. The van der Waals surface area contributed by atoms with Gasteiger partial charge < -0.3 is 21.0 Å². The summed E-state index contributed by atoms with van der Waals surface area (Å²) < 4.78 is 0. The number of aliphatic carboxylic acids is 2. The van der Waals surface area contributed by atoms with E-state index in [1.807, 2.05) is 0 Å². The van der Waals surface area contributed by atoms with Gasteiger partial charge in [-0.05, 0) is 32.4 Å². The Morgan fingerprint density at radius 3 is 2.24 bits per heavy atom. The minimum Gasteiger partial charge on any atom is -0.473 e. The standard InChI is InChI=1S/C15H25N3.C2H2O4.H2O/c1-14(2)18-11-6-10-17(13-18)12-9-16-15-7-4-3-5-8-15;3-1(4)2(5)6;/h3-5,7-8,14,16H,6,9-13H2,1-2H3;(H,3,4)(H,5,6);1H2. The van der Waals surface area contributed by atoms with Gasteiger partial charge in [-0.2, -0.15) is 0 Å². The maximum absolute atomic E-state index is 9.10. The smallest absolute Gasteiger partial charge is 0.414 e. The lowest BCUT2D eigenvalue weighted by Crippen LogP contribution is -2.48. The summed E-state index contributed by atoms with van der Waals surface area (Å²) in [6.07, 6.45) is 1.30. The minimum atomic E-state index is -1.82. The average Bonchev–Trinajstić information content (AvgIpc) is 2.56. The predicted molar refractivity (Wildman–Crippen MR) is 96.7 cm³/mol. The molecule has 142 valence electrons. The highest BCUT2D eigenvalue weighted by Gasteiger charge is 2.18. The van der Waals surface area contributed by atoms with Crippen LogP contribution in [0.3, 0.4) is 0 Å². The molecule has 8 heteroatoms. The van der Waals surface area contributed by atoms with Gasteiger partial charge in [0.15, 0.2) is 0 Å². The Bertz CT molecular complexity index is 498. The summed E-state index contributed by atoms with van der Waals surface area (Å²) in [7, 11) is 0. The first kappa shape index (κ1) is 22.8. The molecule has 1 aliphatic heterocycles. The number of hydrogen-bond acceptors (Lipinski definition) is 5. The van der Waals surface area contributed by atoms with Crippen molar-refractivity contribution in [2.24, 2.45) is 0 Å². The molecule has 1 aromatic rings. The normalized spacial score (nSPS) is 14.8. The highest BCUT2D eigenvalue weighted by Crippen LogP contribution is 2.09. The van der Waals surface area contributed by atoms with E-state index < -0.39 is 11.9 Å². The zero-order valence-corrected chi connectivity index (χ0v) is 14.8. The molecular weight excluding hydrogens is 326 g/mol. The van der Waals surface area contributed by atoms with Gasteiger partial charge in [0.05, 0.1) is 6.67 Å². The fraction of sp³-hybridized carbons (Fsp3) is 0.529. The number of nitrogens with zero attached hydrogens (tertiary/aromatic N) is 2. The van der Waals surface area contributed by atoms with Crippen molar-refractivity contribution in [3.05, 3.63) is 30.3 Å². The molecule has 2 rings (SSSR count). The third-order valence-corrected chi connectivity index (χ3v) is 3.75. The first-order valence-corrected chi connectivity index (χ1v) is 8.11. The molecule has 0 spiro atoms. The Morgan fingerprint density at radius 1 is 1.12 bits per heavy atom. The van der Waals surface area contributed by atoms with Crippen molar-refractivity contribution in [3.8, 4) is 0 Å². The van der Waals surface area contributed by atoms with Crippen LogP contribution in [0.1, 0.15) is 20.3 Å². The number of benzene rings is 1. The van der Waals surface area contributed by atoms with Gasteiger partial charge in [0.25, 0.3) is 0 Å². The maximum Gasteiger partial charge on any atom is 0.414 e. The highest BCUT2D eigenvalue weighted by atomic mass is 16.4. The summed E-state index contributed by atoms with van der Waals surface area (Å²) in [6, 6.07) is 11.1. The molecular formula is C17H29N3O5. The molecule has 0 atom stereocenters. The summed E-state index contributed by atoms with van der Waals surface area (Å²) in [5.74, 6) is -3.65.